The number of carbonyl (C=O) groups is 2. The van der Waals surface area contributed by atoms with E-state index in [1.54, 1.807) is 0 Å². The van der Waals surface area contributed by atoms with Gasteiger partial charge in [0.05, 0.1) is 11.9 Å². The van der Waals surface area contributed by atoms with Crippen LogP contribution in [0.15, 0.2) is 11.6 Å². The van der Waals surface area contributed by atoms with Crippen LogP contribution in [0.1, 0.15) is 6.92 Å². The SMILES string of the molecule is C/C(=C\C(=O)[O-])C(=O)[O-].[Sr+2]. The van der Waals surface area contributed by atoms with Gasteiger partial charge in [-0.25, -0.2) is 0 Å². The summed E-state index contributed by atoms with van der Waals surface area (Å²) in [5.41, 5.74) is -0.352. The summed E-state index contributed by atoms with van der Waals surface area (Å²) in [5, 5.41) is 19.4. The van der Waals surface area contributed by atoms with Crippen molar-refractivity contribution < 1.29 is 19.8 Å². The number of rotatable bonds is 2. The second kappa shape index (κ2) is 5.91. The van der Waals surface area contributed by atoms with Crippen molar-refractivity contribution in [3.63, 3.8) is 0 Å². The normalized spacial score (nSPS) is 9.90. The van der Waals surface area contributed by atoms with Gasteiger partial charge in [0.2, 0.25) is 0 Å². The molecule has 0 fully saturated rings. The van der Waals surface area contributed by atoms with Crippen LogP contribution < -0.4 is 10.2 Å². The molecule has 0 saturated heterocycles. The summed E-state index contributed by atoms with van der Waals surface area (Å²) in [6, 6.07) is 0. The van der Waals surface area contributed by atoms with Crippen molar-refractivity contribution in [2.75, 3.05) is 0 Å². The molecule has 0 aliphatic rings. The number of hydrogen-bond donors (Lipinski definition) is 0. The predicted molar refractivity (Wildman–Crippen MR) is 29.5 cm³/mol. The Morgan fingerprint density at radius 3 is 1.80 bits per heavy atom. The summed E-state index contributed by atoms with van der Waals surface area (Å²) in [4.78, 5) is 19.4. The molecule has 0 N–H and O–H groups in total. The van der Waals surface area contributed by atoms with Crippen LogP contribution in [-0.4, -0.2) is 57.4 Å². The summed E-state index contributed by atoms with van der Waals surface area (Å²) in [6.45, 7) is 1.12. The zero-order valence-electron chi connectivity index (χ0n) is 5.42. The first-order valence-electron chi connectivity index (χ1n) is 2.14. The van der Waals surface area contributed by atoms with Crippen LogP contribution in [0, 0.1) is 0 Å². The van der Waals surface area contributed by atoms with Gasteiger partial charge < -0.3 is 19.8 Å². The molecular formula is C5H4O4Sr. The standard InChI is InChI=1S/C5H6O4.Sr/c1-3(5(8)9)2-4(6)7;/h2H,1H3,(H,6,7)(H,8,9);/q;+2/p-2/b3-2+;. The zero-order valence-corrected chi connectivity index (χ0v) is 8.89. The minimum atomic E-state index is -1.53. The third-order valence-corrected chi connectivity index (χ3v) is 0.656. The predicted octanol–water partition coefficient (Wildman–Crippen LogP) is -2.95. The average Bonchev–Trinajstić information content (AvgIpc) is 1.63. The molecule has 5 heteroatoms. The first-order chi connectivity index (χ1) is 4.04. The van der Waals surface area contributed by atoms with Crippen molar-refractivity contribution in [2.45, 2.75) is 6.92 Å². The molecule has 4 nitrogen and oxygen atoms in total. The fourth-order valence-corrected chi connectivity index (χ4v) is 0.236. The van der Waals surface area contributed by atoms with E-state index in [0.29, 0.717) is 6.08 Å². The van der Waals surface area contributed by atoms with Crippen LogP contribution in [-0.2, 0) is 9.59 Å². The van der Waals surface area contributed by atoms with E-state index in [1.165, 1.54) is 0 Å². The maximum Gasteiger partial charge on any atom is 2.00 e. The minimum Gasteiger partial charge on any atom is -0.545 e. The maximum absolute atomic E-state index is 9.76. The van der Waals surface area contributed by atoms with Crippen LogP contribution in [0.4, 0.5) is 0 Å². The molecule has 0 aliphatic carbocycles. The third-order valence-electron chi connectivity index (χ3n) is 0.656. The van der Waals surface area contributed by atoms with Gasteiger partial charge in [0.1, 0.15) is 0 Å². The molecule has 0 radical (unpaired) electrons. The van der Waals surface area contributed by atoms with Gasteiger partial charge in [-0.1, -0.05) is 0 Å². The van der Waals surface area contributed by atoms with Crippen molar-refractivity contribution in [2.24, 2.45) is 0 Å². The van der Waals surface area contributed by atoms with Crippen molar-refractivity contribution in [1.82, 2.24) is 0 Å². The van der Waals surface area contributed by atoms with E-state index in [4.69, 9.17) is 0 Å². The number of carboxylic acid groups (broad SMARTS) is 2. The first kappa shape index (κ1) is 12.8. The van der Waals surface area contributed by atoms with Crippen molar-refractivity contribution in [1.29, 1.82) is 0 Å². The Morgan fingerprint density at radius 1 is 1.30 bits per heavy atom. The summed E-state index contributed by atoms with van der Waals surface area (Å²) >= 11 is 0. The summed E-state index contributed by atoms with van der Waals surface area (Å²) in [5.74, 6) is -3.03. The van der Waals surface area contributed by atoms with Gasteiger partial charge in [0.25, 0.3) is 0 Å². The first-order valence-corrected chi connectivity index (χ1v) is 2.14. The molecule has 0 heterocycles. The summed E-state index contributed by atoms with van der Waals surface area (Å²) in [6.07, 6.45) is 0.468. The van der Waals surface area contributed by atoms with E-state index in [-0.39, 0.29) is 51.1 Å². The van der Waals surface area contributed by atoms with E-state index in [2.05, 4.69) is 0 Å². The topological polar surface area (TPSA) is 80.3 Å². The van der Waals surface area contributed by atoms with Gasteiger partial charge >= 0.3 is 45.5 Å². The van der Waals surface area contributed by atoms with E-state index in [0.717, 1.165) is 6.92 Å². The average molecular weight is 216 g/mol. The molecule has 50 valence electrons. The third kappa shape index (κ3) is 6.28. The van der Waals surface area contributed by atoms with Crippen molar-refractivity contribution in [3.05, 3.63) is 11.6 Å². The smallest absolute Gasteiger partial charge is 0.545 e. The monoisotopic (exact) mass is 216 g/mol. The molecule has 0 unspecified atom stereocenters. The largest absolute Gasteiger partial charge is 2.00 e. The van der Waals surface area contributed by atoms with E-state index in [9.17, 15) is 19.8 Å². The number of carbonyl (C=O) groups excluding carboxylic acids is 2. The van der Waals surface area contributed by atoms with E-state index >= 15 is 0 Å². The quantitative estimate of drug-likeness (QED) is 0.365. The summed E-state index contributed by atoms with van der Waals surface area (Å²) in [7, 11) is 0. The van der Waals surface area contributed by atoms with Gasteiger partial charge in [0.15, 0.2) is 0 Å². The van der Waals surface area contributed by atoms with E-state index in [1.807, 2.05) is 0 Å². The fraction of sp³-hybridized carbons (Fsp3) is 0.200. The maximum atomic E-state index is 9.76. The molecular weight excluding hydrogens is 212 g/mol. The molecule has 0 aromatic rings. The Morgan fingerprint density at radius 2 is 1.70 bits per heavy atom. The Hall–Kier alpha value is 0.161. The molecule has 0 spiro atoms. The summed E-state index contributed by atoms with van der Waals surface area (Å²) < 4.78 is 0. The molecule has 0 aliphatic heterocycles. The van der Waals surface area contributed by atoms with Crippen LogP contribution in [0.2, 0.25) is 0 Å². The van der Waals surface area contributed by atoms with Crippen molar-refractivity contribution >= 4 is 57.4 Å². The van der Waals surface area contributed by atoms with Gasteiger partial charge in [-0.2, -0.15) is 0 Å². The second-order valence-corrected chi connectivity index (χ2v) is 1.43. The Labute approximate surface area is 94.8 Å². The molecule has 0 rings (SSSR count). The molecule has 10 heavy (non-hydrogen) atoms. The van der Waals surface area contributed by atoms with Gasteiger partial charge in [0, 0.05) is 0 Å². The van der Waals surface area contributed by atoms with Gasteiger partial charge in [-0.3, -0.25) is 0 Å². The molecule has 0 saturated carbocycles. The zero-order chi connectivity index (χ0) is 7.44. The minimum absolute atomic E-state index is 0. The number of hydrogen-bond acceptors (Lipinski definition) is 4. The molecule has 0 bridgehead atoms. The van der Waals surface area contributed by atoms with Crippen LogP contribution in [0.3, 0.4) is 0 Å². The van der Waals surface area contributed by atoms with Gasteiger partial charge in [-0.15, -0.1) is 0 Å². The Bertz CT molecular complexity index is 172. The van der Waals surface area contributed by atoms with Crippen LogP contribution in [0.5, 0.6) is 0 Å². The number of carboxylic acids is 2. The molecule has 0 atom stereocenters. The van der Waals surface area contributed by atoms with Crippen LogP contribution in [0.25, 0.3) is 0 Å². The molecule has 0 amide bonds. The van der Waals surface area contributed by atoms with E-state index < -0.39 is 11.9 Å². The fourth-order valence-electron chi connectivity index (χ4n) is 0.236. The molecule has 0 aromatic heterocycles. The van der Waals surface area contributed by atoms with Crippen molar-refractivity contribution in [3.8, 4) is 0 Å². The number of aliphatic carboxylic acids is 2. The second-order valence-electron chi connectivity index (χ2n) is 1.43. The Kier molecular flexibility index (Phi) is 7.57. The van der Waals surface area contributed by atoms with Crippen LogP contribution >= 0.6 is 0 Å². The van der Waals surface area contributed by atoms with Gasteiger partial charge in [-0.05, 0) is 18.6 Å². The molecule has 0 aromatic carbocycles. The Balaban J connectivity index is 0.